The van der Waals surface area contributed by atoms with Crippen molar-refractivity contribution in [2.45, 2.75) is 20.8 Å². The minimum absolute atomic E-state index is 0.231. The van der Waals surface area contributed by atoms with Crippen molar-refractivity contribution in [1.29, 1.82) is 0 Å². The van der Waals surface area contributed by atoms with Crippen LogP contribution in [0.1, 0.15) is 19.4 Å². The zero-order chi connectivity index (χ0) is 14.5. The molecule has 0 amide bonds. The third-order valence-corrected chi connectivity index (χ3v) is 2.65. The fourth-order valence-corrected chi connectivity index (χ4v) is 1.65. The first kappa shape index (κ1) is 14.2. The predicted molar refractivity (Wildman–Crippen MR) is 75.3 cm³/mol. The minimum atomic E-state index is -0.286. The van der Waals surface area contributed by atoms with E-state index in [1.54, 1.807) is 19.1 Å². The molecule has 0 atom stereocenters. The molecule has 106 valence electrons. The van der Waals surface area contributed by atoms with E-state index in [1.165, 1.54) is 6.07 Å². The number of aromatic nitrogens is 3. The lowest BCUT2D eigenvalue weighted by molar-refractivity contribution is 0.312. The molecule has 1 heterocycles. The van der Waals surface area contributed by atoms with Gasteiger partial charge in [0.2, 0.25) is 5.95 Å². The lowest BCUT2D eigenvalue weighted by Crippen LogP contribution is -2.07. The molecule has 2 rings (SSSR count). The Morgan fingerprint density at radius 1 is 1.20 bits per heavy atom. The average molecular weight is 276 g/mol. The van der Waals surface area contributed by atoms with Crippen LogP contribution < -0.4 is 10.1 Å². The topological polar surface area (TPSA) is 59.9 Å². The van der Waals surface area contributed by atoms with E-state index in [0.717, 1.165) is 0 Å². The first-order valence-electron chi connectivity index (χ1n) is 6.53. The van der Waals surface area contributed by atoms with E-state index in [-0.39, 0.29) is 11.8 Å². The Morgan fingerprint density at radius 2 is 2.00 bits per heavy atom. The molecule has 0 aliphatic heterocycles. The zero-order valence-corrected chi connectivity index (χ0v) is 11.8. The SMILES string of the molecule is CCNc1nc(OCC)nc(-c2ccc(C)c(F)c2)n1. The number of anilines is 1. The highest BCUT2D eigenvalue weighted by Gasteiger charge is 2.10. The van der Waals surface area contributed by atoms with E-state index < -0.39 is 0 Å². The van der Waals surface area contributed by atoms with E-state index in [9.17, 15) is 4.39 Å². The second kappa shape index (κ2) is 6.27. The molecule has 0 fully saturated rings. The second-order valence-electron chi connectivity index (χ2n) is 4.19. The van der Waals surface area contributed by atoms with Gasteiger partial charge in [-0.15, -0.1) is 0 Å². The van der Waals surface area contributed by atoms with E-state index in [0.29, 0.717) is 36.1 Å². The second-order valence-corrected chi connectivity index (χ2v) is 4.19. The maximum Gasteiger partial charge on any atom is 0.321 e. The summed E-state index contributed by atoms with van der Waals surface area (Å²) >= 11 is 0. The number of halogens is 1. The van der Waals surface area contributed by atoms with Crippen LogP contribution in [0.15, 0.2) is 18.2 Å². The molecule has 1 aromatic heterocycles. The van der Waals surface area contributed by atoms with Gasteiger partial charge in [-0.1, -0.05) is 12.1 Å². The molecule has 0 aliphatic carbocycles. The van der Waals surface area contributed by atoms with Crippen molar-refractivity contribution in [1.82, 2.24) is 15.0 Å². The van der Waals surface area contributed by atoms with Crippen molar-refractivity contribution >= 4 is 5.95 Å². The molecular weight excluding hydrogens is 259 g/mol. The van der Waals surface area contributed by atoms with Crippen molar-refractivity contribution in [3.63, 3.8) is 0 Å². The highest BCUT2D eigenvalue weighted by molar-refractivity contribution is 5.57. The minimum Gasteiger partial charge on any atom is -0.464 e. The normalized spacial score (nSPS) is 10.4. The van der Waals surface area contributed by atoms with Crippen molar-refractivity contribution in [3.05, 3.63) is 29.6 Å². The zero-order valence-electron chi connectivity index (χ0n) is 11.8. The monoisotopic (exact) mass is 276 g/mol. The van der Waals surface area contributed by atoms with E-state index >= 15 is 0 Å². The largest absolute Gasteiger partial charge is 0.464 e. The average Bonchev–Trinajstić information content (AvgIpc) is 2.42. The summed E-state index contributed by atoms with van der Waals surface area (Å²) < 4.78 is 19.0. The molecule has 0 aliphatic rings. The molecule has 1 aromatic carbocycles. The lowest BCUT2D eigenvalue weighted by atomic mass is 10.1. The lowest BCUT2D eigenvalue weighted by Gasteiger charge is -2.08. The van der Waals surface area contributed by atoms with Crippen molar-refractivity contribution in [3.8, 4) is 17.4 Å². The quantitative estimate of drug-likeness (QED) is 0.910. The van der Waals surface area contributed by atoms with Gasteiger partial charge in [-0.3, -0.25) is 0 Å². The summed E-state index contributed by atoms with van der Waals surface area (Å²) in [4.78, 5) is 12.6. The van der Waals surface area contributed by atoms with Crippen molar-refractivity contribution in [2.75, 3.05) is 18.5 Å². The number of aryl methyl sites for hydroxylation is 1. The molecule has 0 saturated carbocycles. The molecule has 0 unspecified atom stereocenters. The number of hydrogen-bond donors (Lipinski definition) is 1. The van der Waals surface area contributed by atoms with Crippen LogP contribution in [0, 0.1) is 12.7 Å². The Bertz CT molecular complexity index is 579. The summed E-state index contributed by atoms with van der Waals surface area (Å²) in [6.07, 6.45) is 0. The molecule has 0 bridgehead atoms. The van der Waals surface area contributed by atoms with Gasteiger partial charge < -0.3 is 10.1 Å². The van der Waals surface area contributed by atoms with Gasteiger partial charge in [0.15, 0.2) is 5.82 Å². The van der Waals surface area contributed by atoms with Gasteiger partial charge in [-0.05, 0) is 32.4 Å². The van der Waals surface area contributed by atoms with Crippen LogP contribution in [0.4, 0.5) is 10.3 Å². The summed E-state index contributed by atoms with van der Waals surface area (Å²) in [5.41, 5.74) is 1.18. The van der Waals surface area contributed by atoms with E-state index in [1.807, 2.05) is 13.8 Å². The smallest absolute Gasteiger partial charge is 0.321 e. The molecule has 20 heavy (non-hydrogen) atoms. The third kappa shape index (κ3) is 3.20. The Morgan fingerprint density at radius 3 is 2.65 bits per heavy atom. The van der Waals surface area contributed by atoms with Crippen LogP contribution in [0.3, 0.4) is 0 Å². The summed E-state index contributed by atoms with van der Waals surface area (Å²) in [6.45, 7) is 6.63. The Kier molecular flexibility index (Phi) is 4.45. The maximum atomic E-state index is 13.6. The van der Waals surface area contributed by atoms with Crippen LogP contribution in [-0.4, -0.2) is 28.1 Å². The number of rotatable bonds is 5. The summed E-state index contributed by atoms with van der Waals surface area (Å²) in [5.74, 6) is 0.520. The van der Waals surface area contributed by atoms with Gasteiger partial charge in [0, 0.05) is 12.1 Å². The molecule has 6 heteroatoms. The number of hydrogen-bond acceptors (Lipinski definition) is 5. The molecule has 0 radical (unpaired) electrons. The van der Waals surface area contributed by atoms with Crippen LogP contribution in [0.5, 0.6) is 6.01 Å². The van der Waals surface area contributed by atoms with Crippen LogP contribution in [0.2, 0.25) is 0 Å². The van der Waals surface area contributed by atoms with Gasteiger partial charge in [0.1, 0.15) is 5.82 Å². The Hall–Kier alpha value is -2.24. The molecular formula is C14H17FN4O. The summed E-state index contributed by atoms with van der Waals surface area (Å²) in [7, 11) is 0. The molecule has 0 saturated heterocycles. The highest BCUT2D eigenvalue weighted by atomic mass is 19.1. The van der Waals surface area contributed by atoms with Crippen LogP contribution in [-0.2, 0) is 0 Å². The van der Waals surface area contributed by atoms with Crippen LogP contribution in [0.25, 0.3) is 11.4 Å². The van der Waals surface area contributed by atoms with Gasteiger partial charge in [0.05, 0.1) is 6.61 Å². The van der Waals surface area contributed by atoms with Crippen molar-refractivity contribution in [2.24, 2.45) is 0 Å². The molecule has 0 spiro atoms. The number of nitrogens with zero attached hydrogens (tertiary/aromatic N) is 3. The predicted octanol–water partition coefficient (Wildman–Crippen LogP) is 2.82. The molecule has 1 N–H and O–H groups in total. The standard InChI is InChI=1S/C14H17FN4O/c1-4-16-13-17-12(18-14(19-13)20-5-2)10-7-6-9(3)11(15)8-10/h6-8H,4-5H2,1-3H3,(H,16,17,18,19). The third-order valence-electron chi connectivity index (χ3n) is 2.65. The fourth-order valence-electron chi connectivity index (χ4n) is 1.65. The number of nitrogens with one attached hydrogen (secondary N) is 1. The van der Waals surface area contributed by atoms with Crippen molar-refractivity contribution < 1.29 is 9.13 Å². The molecule has 2 aromatic rings. The number of ether oxygens (including phenoxy) is 1. The Balaban J connectivity index is 2.45. The first-order chi connectivity index (χ1) is 9.63. The first-order valence-corrected chi connectivity index (χ1v) is 6.53. The van der Waals surface area contributed by atoms with E-state index in [2.05, 4.69) is 20.3 Å². The van der Waals surface area contributed by atoms with Gasteiger partial charge in [0.25, 0.3) is 0 Å². The maximum absolute atomic E-state index is 13.6. The summed E-state index contributed by atoms with van der Waals surface area (Å²) in [6, 6.07) is 5.12. The summed E-state index contributed by atoms with van der Waals surface area (Å²) in [5, 5.41) is 3.01. The van der Waals surface area contributed by atoms with Gasteiger partial charge >= 0.3 is 6.01 Å². The van der Waals surface area contributed by atoms with Crippen LogP contribution >= 0.6 is 0 Å². The van der Waals surface area contributed by atoms with Gasteiger partial charge in [-0.25, -0.2) is 4.39 Å². The fraction of sp³-hybridized carbons (Fsp3) is 0.357. The van der Waals surface area contributed by atoms with E-state index in [4.69, 9.17) is 4.74 Å². The number of benzene rings is 1. The molecule has 5 nitrogen and oxygen atoms in total. The highest BCUT2D eigenvalue weighted by Crippen LogP contribution is 2.21. The van der Waals surface area contributed by atoms with Gasteiger partial charge in [-0.2, -0.15) is 15.0 Å². The Labute approximate surface area is 117 Å².